The summed E-state index contributed by atoms with van der Waals surface area (Å²) in [6, 6.07) is 7.68. The van der Waals surface area contributed by atoms with Crippen molar-refractivity contribution in [3.05, 3.63) is 29.8 Å². The summed E-state index contributed by atoms with van der Waals surface area (Å²) in [5.74, 6) is 0. The SMILES string of the molecule is N#Cc1cccc(NN=C(Cl)C(F)(F)F)c1. The molecule has 0 aliphatic rings. The second-order valence-corrected chi connectivity index (χ2v) is 3.06. The molecule has 0 aromatic heterocycles. The number of halogens is 4. The van der Waals surface area contributed by atoms with Crippen molar-refractivity contribution < 1.29 is 13.2 Å². The third-order valence-corrected chi connectivity index (χ3v) is 1.81. The van der Waals surface area contributed by atoms with Gasteiger partial charge in [0.2, 0.25) is 5.17 Å². The van der Waals surface area contributed by atoms with Crippen molar-refractivity contribution in [3.8, 4) is 6.07 Å². The molecular weight excluding hydrogens is 243 g/mol. The highest BCUT2D eigenvalue weighted by atomic mass is 35.5. The number of nitrogens with one attached hydrogen (secondary N) is 1. The van der Waals surface area contributed by atoms with Gasteiger partial charge in [0, 0.05) is 0 Å². The van der Waals surface area contributed by atoms with Crippen LogP contribution in [-0.4, -0.2) is 11.3 Å². The molecule has 16 heavy (non-hydrogen) atoms. The first-order valence-corrected chi connectivity index (χ1v) is 4.38. The molecule has 0 bridgehead atoms. The molecule has 0 unspecified atom stereocenters. The average molecular weight is 248 g/mol. The minimum Gasteiger partial charge on any atom is -0.277 e. The lowest BCUT2D eigenvalue weighted by molar-refractivity contribution is -0.0559. The first-order chi connectivity index (χ1) is 7.43. The maximum absolute atomic E-state index is 11.9. The predicted octanol–water partition coefficient (Wildman–Crippen LogP) is 3.08. The maximum atomic E-state index is 11.9. The second-order valence-electron chi connectivity index (χ2n) is 2.70. The van der Waals surface area contributed by atoms with Crippen molar-refractivity contribution >= 4 is 22.5 Å². The zero-order valence-corrected chi connectivity index (χ0v) is 8.47. The third kappa shape index (κ3) is 3.44. The Balaban J connectivity index is 2.79. The van der Waals surface area contributed by atoms with Crippen molar-refractivity contribution in [1.82, 2.24) is 0 Å². The summed E-state index contributed by atoms with van der Waals surface area (Å²) < 4.78 is 35.8. The summed E-state index contributed by atoms with van der Waals surface area (Å²) in [5, 5.41) is 9.98. The number of benzene rings is 1. The minimum absolute atomic E-state index is 0.251. The van der Waals surface area contributed by atoms with Gasteiger partial charge in [-0.15, -0.1) is 0 Å². The van der Waals surface area contributed by atoms with Crippen LogP contribution in [0.4, 0.5) is 18.9 Å². The van der Waals surface area contributed by atoms with Gasteiger partial charge in [0.1, 0.15) is 0 Å². The van der Waals surface area contributed by atoms with Crippen LogP contribution in [0.15, 0.2) is 29.4 Å². The van der Waals surface area contributed by atoms with Crippen LogP contribution in [0, 0.1) is 11.3 Å². The molecule has 1 aromatic carbocycles. The lowest BCUT2D eigenvalue weighted by atomic mass is 10.2. The van der Waals surface area contributed by atoms with Crippen molar-refractivity contribution in [2.24, 2.45) is 5.10 Å². The topological polar surface area (TPSA) is 48.2 Å². The molecule has 0 aliphatic carbocycles. The number of rotatable bonds is 2. The van der Waals surface area contributed by atoms with Crippen LogP contribution in [0.1, 0.15) is 5.56 Å². The molecule has 0 saturated carbocycles. The second kappa shape index (κ2) is 4.86. The lowest BCUT2D eigenvalue weighted by Crippen LogP contribution is -2.18. The van der Waals surface area contributed by atoms with Crippen LogP contribution < -0.4 is 5.43 Å². The van der Waals surface area contributed by atoms with Crippen LogP contribution in [0.2, 0.25) is 0 Å². The molecule has 0 aliphatic heterocycles. The van der Waals surface area contributed by atoms with Gasteiger partial charge < -0.3 is 0 Å². The van der Waals surface area contributed by atoms with E-state index >= 15 is 0 Å². The summed E-state index contributed by atoms with van der Waals surface area (Å²) in [4.78, 5) is 0. The van der Waals surface area contributed by atoms with E-state index in [9.17, 15) is 13.2 Å². The first-order valence-electron chi connectivity index (χ1n) is 4.00. The third-order valence-electron chi connectivity index (χ3n) is 1.51. The number of anilines is 1. The van der Waals surface area contributed by atoms with E-state index in [-0.39, 0.29) is 5.69 Å². The van der Waals surface area contributed by atoms with E-state index in [1.54, 1.807) is 0 Å². The highest BCUT2D eigenvalue weighted by Crippen LogP contribution is 2.20. The van der Waals surface area contributed by atoms with E-state index in [0.29, 0.717) is 5.56 Å². The molecule has 1 N–H and O–H groups in total. The van der Waals surface area contributed by atoms with Crippen LogP contribution in [0.25, 0.3) is 0 Å². The Morgan fingerprint density at radius 1 is 1.44 bits per heavy atom. The van der Waals surface area contributed by atoms with Crippen molar-refractivity contribution in [2.45, 2.75) is 6.18 Å². The largest absolute Gasteiger partial charge is 0.446 e. The summed E-state index contributed by atoms with van der Waals surface area (Å²) in [6.07, 6.45) is -4.68. The Hall–Kier alpha value is -1.74. The smallest absolute Gasteiger partial charge is 0.277 e. The van der Waals surface area contributed by atoms with Gasteiger partial charge in [0.05, 0.1) is 17.3 Å². The number of nitrogens with zero attached hydrogens (tertiary/aromatic N) is 2. The van der Waals surface area contributed by atoms with Crippen molar-refractivity contribution in [2.75, 3.05) is 5.43 Å². The number of hydrogen-bond acceptors (Lipinski definition) is 3. The first kappa shape index (κ1) is 12.3. The molecule has 1 aromatic rings. The van der Waals surface area contributed by atoms with Crippen LogP contribution >= 0.6 is 11.6 Å². The molecule has 0 amide bonds. The fourth-order valence-corrected chi connectivity index (χ4v) is 0.878. The van der Waals surface area contributed by atoms with Gasteiger partial charge in [0.25, 0.3) is 0 Å². The number of nitriles is 1. The average Bonchev–Trinajstić information content (AvgIpc) is 2.25. The van der Waals surface area contributed by atoms with Crippen molar-refractivity contribution in [1.29, 1.82) is 5.26 Å². The van der Waals surface area contributed by atoms with Gasteiger partial charge in [-0.25, -0.2) is 0 Å². The molecular formula is C9H5ClF3N3. The number of alkyl halides is 3. The molecule has 84 valence electrons. The van der Waals surface area contributed by atoms with Crippen molar-refractivity contribution in [3.63, 3.8) is 0 Å². The quantitative estimate of drug-likeness (QED) is 0.645. The fourth-order valence-electron chi connectivity index (χ4n) is 0.835. The predicted molar refractivity (Wildman–Crippen MR) is 54.1 cm³/mol. The summed E-state index contributed by atoms with van der Waals surface area (Å²) in [6.45, 7) is 0. The van der Waals surface area contributed by atoms with E-state index in [2.05, 4.69) is 10.5 Å². The van der Waals surface area contributed by atoms with E-state index < -0.39 is 11.3 Å². The Morgan fingerprint density at radius 2 is 2.12 bits per heavy atom. The molecule has 1 rings (SSSR count). The van der Waals surface area contributed by atoms with Gasteiger partial charge >= 0.3 is 6.18 Å². The standard InChI is InChI=1S/C9H5ClF3N3/c10-8(9(11,12)13)16-15-7-3-1-2-6(4-7)5-14/h1-4,15H. The van der Waals surface area contributed by atoms with E-state index in [1.165, 1.54) is 24.3 Å². The highest BCUT2D eigenvalue weighted by molar-refractivity contribution is 6.66. The van der Waals surface area contributed by atoms with Crippen LogP contribution in [0.5, 0.6) is 0 Å². The fraction of sp³-hybridized carbons (Fsp3) is 0.111. The summed E-state index contributed by atoms with van der Waals surface area (Å²) >= 11 is 4.88. The Labute approximate surface area is 94.1 Å². The van der Waals surface area contributed by atoms with Gasteiger partial charge in [-0.2, -0.15) is 23.5 Å². The molecule has 0 heterocycles. The van der Waals surface area contributed by atoms with Gasteiger partial charge in [-0.3, -0.25) is 5.43 Å². The summed E-state index contributed by atoms with van der Waals surface area (Å²) in [5.41, 5.74) is 2.67. The van der Waals surface area contributed by atoms with Crippen LogP contribution in [0.3, 0.4) is 0 Å². The monoisotopic (exact) mass is 247 g/mol. The van der Waals surface area contributed by atoms with Gasteiger partial charge in [-0.05, 0) is 18.2 Å². The van der Waals surface area contributed by atoms with E-state index in [1.807, 2.05) is 6.07 Å². The number of hydrogen-bond donors (Lipinski definition) is 1. The van der Waals surface area contributed by atoms with E-state index in [4.69, 9.17) is 16.9 Å². The highest BCUT2D eigenvalue weighted by Gasteiger charge is 2.34. The van der Waals surface area contributed by atoms with Crippen LogP contribution in [-0.2, 0) is 0 Å². The Bertz CT molecular complexity index is 448. The molecule has 0 atom stereocenters. The zero-order chi connectivity index (χ0) is 12.2. The van der Waals surface area contributed by atoms with Gasteiger partial charge in [0.15, 0.2) is 0 Å². The van der Waals surface area contributed by atoms with Gasteiger partial charge in [-0.1, -0.05) is 17.7 Å². The molecule has 7 heteroatoms. The Morgan fingerprint density at radius 3 is 2.69 bits per heavy atom. The molecule has 0 saturated heterocycles. The molecule has 0 radical (unpaired) electrons. The minimum atomic E-state index is -4.68. The normalized spacial score (nSPS) is 12.1. The molecule has 0 fully saturated rings. The Kier molecular flexibility index (Phi) is 3.74. The summed E-state index contributed by atoms with van der Waals surface area (Å²) in [7, 11) is 0. The number of hydrazone groups is 1. The lowest BCUT2D eigenvalue weighted by Gasteiger charge is -2.04. The molecule has 3 nitrogen and oxygen atoms in total. The molecule has 0 spiro atoms. The maximum Gasteiger partial charge on any atom is 0.446 e. The zero-order valence-electron chi connectivity index (χ0n) is 7.72. The van der Waals surface area contributed by atoms with E-state index in [0.717, 1.165) is 0 Å².